The molecule has 2 N–H and O–H groups in total. The number of benzene rings is 1. The highest BCUT2D eigenvalue weighted by molar-refractivity contribution is 9.10. The van der Waals surface area contributed by atoms with Gasteiger partial charge >= 0.3 is 5.97 Å². The Morgan fingerprint density at radius 3 is 2.95 bits per heavy atom. The van der Waals surface area contributed by atoms with Crippen molar-refractivity contribution in [3.05, 3.63) is 62.4 Å². The number of aryl methyl sites for hydroxylation is 1. The van der Waals surface area contributed by atoms with E-state index in [-0.39, 0.29) is 12.2 Å². The number of aromatic nitrogens is 3. The molecule has 0 spiro atoms. The zero-order chi connectivity index (χ0) is 15.7. The molecule has 3 rings (SSSR count). The number of para-hydroxylation sites is 1. The maximum atomic E-state index is 12.0. The molecule has 112 valence electrons. The van der Waals surface area contributed by atoms with Gasteiger partial charge < -0.3 is 14.7 Å². The molecular formula is C15H12BrN3O3. The Balaban J connectivity index is 1.84. The van der Waals surface area contributed by atoms with E-state index >= 15 is 0 Å². The third-order valence-corrected chi connectivity index (χ3v) is 3.65. The molecule has 0 unspecified atom stereocenters. The minimum absolute atomic E-state index is 0.102. The highest BCUT2D eigenvalue weighted by Crippen LogP contribution is 2.14. The first-order valence-corrected chi connectivity index (χ1v) is 7.33. The van der Waals surface area contributed by atoms with Crippen LogP contribution in [-0.4, -0.2) is 20.9 Å². The Morgan fingerprint density at radius 2 is 2.23 bits per heavy atom. The second-order valence-corrected chi connectivity index (χ2v) is 5.71. The molecular weight excluding hydrogens is 350 g/mol. The van der Waals surface area contributed by atoms with E-state index in [0.717, 1.165) is 10.0 Å². The molecule has 1 aromatic carbocycles. The minimum Gasteiger partial charge on any atom is -0.453 e. The summed E-state index contributed by atoms with van der Waals surface area (Å²) in [5.41, 5.74) is 1.58. The van der Waals surface area contributed by atoms with Gasteiger partial charge in [-0.15, -0.1) is 0 Å². The Kier molecular flexibility index (Phi) is 3.81. The first kappa shape index (κ1) is 14.5. The van der Waals surface area contributed by atoms with Crippen LogP contribution in [0, 0.1) is 6.92 Å². The number of nitrogens with zero attached hydrogens (tertiary/aromatic N) is 1. The zero-order valence-corrected chi connectivity index (χ0v) is 13.2. The van der Waals surface area contributed by atoms with Crippen molar-refractivity contribution < 1.29 is 9.53 Å². The van der Waals surface area contributed by atoms with Gasteiger partial charge in [-0.05, 0) is 40.5 Å². The van der Waals surface area contributed by atoms with Crippen LogP contribution in [0.2, 0.25) is 0 Å². The molecule has 6 nitrogen and oxygen atoms in total. The van der Waals surface area contributed by atoms with Crippen molar-refractivity contribution in [2.75, 3.05) is 0 Å². The highest BCUT2D eigenvalue weighted by atomic mass is 79.9. The molecule has 2 heterocycles. The lowest BCUT2D eigenvalue weighted by atomic mass is 10.1. The summed E-state index contributed by atoms with van der Waals surface area (Å²) in [5, 5.41) is 0.517. The van der Waals surface area contributed by atoms with Gasteiger partial charge in [0, 0.05) is 10.7 Å². The van der Waals surface area contributed by atoms with Crippen LogP contribution >= 0.6 is 15.9 Å². The average Bonchev–Trinajstić information content (AvgIpc) is 2.93. The van der Waals surface area contributed by atoms with Crippen molar-refractivity contribution in [2.45, 2.75) is 13.5 Å². The van der Waals surface area contributed by atoms with E-state index in [1.807, 2.05) is 13.0 Å². The van der Waals surface area contributed by atoms with Gasteiger partial charge in [0.1, 0.15) is 18.1 Å². The number of halogens is 1. The van der Waals surface area contributed by atoms with Crippen LogP contribution in [-0.2, 0) is 11.3 Å². The number of rotatable bonds is 3. The van der Waals surface area contributed by atoms with Crippen LogP contribution in [0.15, 0.2) is 39.7 Å². The van der Waals surface area contributed by atoms with Crippen LogP contribution in [0.1, 0.15) is 21.9 Å². The number of fused-ring (bicyclic) bond motifs is 1. The van der Waals surface area contributed by atoms with Crippen LogP contribution in [0.4, 0.5) is 0 Å². The molecule has 0 saturated carbocycles. The van der Waals surface area contributed by atoms with Gasteiger partial charge in [0.2, 0.25) is 0 Å². The van der Waals surface area contributed by atoms with Gasteiger partial charge in [0.15, 0.2) is 0 Å². The number of aromatic amines is 2. The maximum absolute atomic E-state index is 12.0. The van der Waals surface area contributed by atoms with E-state index in [9.17, 15) is 9.59 Å². The predicted molar refractivity (Wildman–Crippen MR) is 84.7 cm³/mol. The number of hydrogen-bond donors (Lipinski definition) is 2. The number of H-pyrrole nitrogens is 2. The van der Waals surface area contributed by atoms with Crippen molar-refractivity contribution >= 4 is 32.8 Å². The largest absolute Gasteiger partial charge is 0.453 e. The number of carbonyl (C=O) groups excluding carboxylic acids is 1. The Morgan fingerprint density at radius 1 is 1.41 bits per heavy atom. The molecule has 3 aromatic rings. The third kappa shape index (κ3) is 2.80. The second kappa shape index (κ2) is 5.76. The number of esters is 1. The fourth-order valence-electron chi connectivity index (χ4n) is 2.12. The Labute approximate surface area is 133 Å². The first-order chi connectivity index (χ1) is 10.5. The Bertz CT molecular complexity index is 914. The van der Waals surface area contributed by atoms with Crippen LogP contribution in [0.5, 0.6) is 0 Å². The van der Waals surface area contributed by atoms with E-state index in [1.165, 1.54) is 0 Å². The topological polar surface area (TPSA) is 87.8 Å². The van der Waals surface area contributed by atoms with Gasteiger partial charge in [0.05, 0.1) is 10.9 Å². The predicted octanol–water partition coefficient (Wildman–Crippen LogP) is 2.68. The summed E-state index contributed by atoms with van der Waals surface area (Å²) < 4.78 is 5.90. The molecule has 2 aromatic heterocycles. The Hall–Kier alpha value is -2.41. The fourth-order valence-corrected chi connectivity index (χ4v) is 2.46. The van der Waals surface area contributed by atoms with Gasteiger partial charge in [-0.3, -0.25) is 4.79 Å². The van der Waals surface area contributed by atoms with E-state index in [2.05, 4.69) is 30.9 Å². The summed E-state index contributed by atoms with van der Waals surface area (Å²) in [5.74, 6) is -0.205. The average molecular weight is 362 g/mol. The van der Waals surface area contributed by atoms with Crippen molar-refractivity contribution in [2.24, 2.45) is 0 Å². The molecule has 0 fully saturated rings. The summed E-state index contributed by atoms with van der Waals surface area (Å²) in [6, 6.07) is 7.00. The normalized spacial score (nSPS) is 10.8. The van der Waals surface area contributed by atoms with Crippen molar-refractivity contribution in [1.29, 1.82) is 0 Å². The summed E-state index contributed by atoms with van der Waals surface area (Å²) >= 11 is 3.24. The highest BCUT2D eigenvalue weighted by Gasteiger charge is 2.11. The number of ether oxygens (including phenoxy) is 1. The van der Waals surface area contributed by atoms with Crippen LogP contribution < -0.4 is 5.56 Å². The molecule has 22 heavy (non-hydrogen) atoms. The van der Waals surface area contributed by atoms with Gasteiger partial charge in [-0.2, -0.15) is 0 Å². The lowest BCUT2D eigenvalue weighted by Crippen LogP contribution is -2.15. The lowest BCUT2D eigenvalue weighted by molar-refractivity contribution is 0.0456. The van der Waals surface area contributed by atoms with Crippen molar-refractivity contribution in [1.82, 2.24) is 15.0 Å². The summed E-state index contributed by atoms with van der Waals surface area (Å²) in [4.78, 5) is 33.6. The minimum atomic E-state index is -0.516. The fraction of sp³-hybridized carbons (Fsp3) is 0.133. The molecule has 0 saturated heterocycles. The van der Waals surface area contributed by atoms with Crippen LogP contribution in [0.25, 0.3) is 10.9 Å². The van der Waals surface area contributed by atoms with Crippen molar-refractivity contribution in [3.63, 3.8) is 0 Å². The van der Waals surface area contributed by atoms with Gasteiger partial charge in [-0.25, -0.2) is 9.78 Å². The molecule has 0 radical (unpaired) electrons. The molecule has 0 aliphatic rings. The van der Waals surface area contributed by atoms with Crippen molar-refractivity contribution in [3.8, 4) is 0 Å². The van der Waals surface area contributed by atoms with E-state index < -0.39 is 5.97 Å². The quantitative estimate of drug-likeness (QED) is 0.702. The monoisotopic (exact) mass is 361 g/mol. The van der Waals surface area contributed by atoms with Gasteiger partial charge in [-0.1, -0.05) is 12.1 Å². The third-order valence-electron chi connectivity index (χ3n) is 3.19. The molecule has 7 heteroatoms. The van der Waals surface area contributed by atoms with Crippen LogP contribution in [0.3, 0.4) is 0 Å². The number of nitrogens with one attached hydrogen (secondary N) is 2. The number of hydrogen-bond acceptors (Lipinski definition) is 4. The van der Waals surface area contributed by atoms with E-state index in [1.54, 1.807) is 24.4 Å². The van der Waals surface area contributed by atoms with E-state index in [4.69, 9.17) is 4.74 Å². The number of carbonyl (C=O) groups is 1. The molecule has 0 bridgehead atoms. The first-order valence-electron chi connectivity index (χ1n) is 6.54. The summed E-state index contributed by atoms with van der Waals surface area (Å²) in [6.45, 7) is 1.77. The van der Waals surface area contributed by atoms with Gasteiger partial charge in [0.25, 0.3) is 5.56 Å². The van der Waals surface area contributed by atoms with E-state index in [0.29, 0.717) is 22.4 Å². The summed E-state index contributed by atoms with van der Waals surface area (Å²) in [6.07, 6.45) is 1.64. The standard InChI is InChI=1S/C15H12BrN3O3/c1-8-3-2-4-10-13(8)18-12(19-14(10)20)7-22-15(21)11-5-9(16)6-17-11/h2-6,17H,7H2,1H3,(H,18,19,20). The molecule has 0 atom stereocenters. The molecule has 0 aliphatic carbocycles. The summed E-state index contributed by atoms with van der Waals surface area (Å²) in [7, 11) is 0. The second-order valence-electron chi connectivity index (χ2n) is 4.79. The zero-order valence-electron chi connectivity index (χ0n) is 11.6. The lowest BCUT2D eigenvalue weighted by Gasteiger charge is -2.06. The molecule has 0 amide bonds. The maximum Gasteiger partial charge on any atom is 0.355 e. The molecule has 0 aliphatic heterocycles. The SMILES string of the molecule is Cc1cccc2c(=O)[nH]c(COC(=O)c3cc(Br)c[nH]3)nc12. The smallest absolute Gasteiger partial charge is 0.355 e.